The molecule has 0 aliphatic rings. The molecule has 0 radical (unpaired) electrons. The molecule has 2 N–H and O–H groups in total. The van der Waals surface area contributed by atoms with Gasteiger partial charge in [0.05, 0.1) is 12.6 Å². The quantitative estimate of drug-likeness (QED) is 0.910. The van der Waals surface area contributed by atoms with Gasteiger partial charge in [0.2, 0.25) is 0 Å². The number of halogens is 4. The molecule has 0 amide bonds. The van der Waals surface area contributed by atoms with Crippen LogP contribution in [0.4, 0.5) is 13.2 Å². The van der Waals surface area contributed by atoms with Crippen molar-refractivity contribution in [2.24, 2.45) is 5.73 Å². The molecule has 1 aromatic rings. The third kappa shape index (κ3) is 3.26. The number of hydrogen-bond acceptors (Lipinski definition) is 2. The molecule has 0 aliphatic carbocycles. The van der Waals surface area contributed by atoms with Crippen molar-refractivity contribution >= 4 is 11.6 Å². The van der Waals surface area contributed by atoms with Crippen LogP contribution in [0.15, 0.2) is 12.1 Å². The number of hydrogen-bond donors (Lipinski definition) is 1. The summed E-state index contributed by atoms with van der Waals surface area (Å²) in [7, 11) is 1.26. The first-order valence-electron chi connectivity index (χ1n) is 4.87. The molecule has 6 heteroatoms. The summed E-state index contributed by atoms with van der Waals surface area (Å²) in [6.45, 7) is 1.19. The summed E-state index contributed by atoms with van der Waals surface area (Å²) in [5.74, 6) is -0.799. The van der Waals surface area contributed by atoms with Gasteiger partial charge >= 0.3 is 0 Å². The average molecular weight is 268 g/mol. The van der Waals surface area contributed by atoms with E-state index >= 15 is 0 Å². The van der Waals surface area contributed by atoms with Crippen LogP contribution in [0.5, 0.6) is 5.75 Å². The van der Waals surface area contributed by atoms with Crippen molar-refractivity contribution in [3.63, 3.8) is 0 Å². The Morgan fingerprint density at radius 2 is 2.06 bits per heavy atom. The first kappa shape index (κ1) is 14.1. The predicted molar refractivity (Wildman–Crippen MR) is 60.3 cm³/mol. The Balaban J connectivity index is 3.13. The molecule has 0 bridgehead atoms. The van der Waals surface area contributed by atoms with E-state index in [2.05, 4.69) is 0 Å². The first-order chi connectivity index (χ1) is 7.77. The standard InChI is InChI=1S/C11H13ClF3NO/c1-11(16,10(14)15)5-6-3-7(12)4-8(13)9(6)17-2/h3-4,10H,5,16H2,1-2H3. The summed E-state index contributed by atoms with van der Waals surface area (Å²) in [5.41, 5.74) is 3.91. The maximum Gasteiger partial charge on any atom is 0.256 e. The lowest BCUT2D eigenvalue weighted by atomic mass is 9.94. The zero-order valence-electron chi connectivity index (χ0n) is 9.44. The third-order valence-corrected chi connectivity index (χ3v) is 2.58. The van der Waals surface area contributed by atoms with Gasteiger partial charge in [-0.2, -0.15) is 0 Å². The fourth-order valence-corrected chi connectivity index (χ4v) is 1.69. The number of ether oxygens (including phenoxy) is 1. The van der Waals surface area contributed by atoms with Crippen LogP contribution >= 0.6 is 11.6 Å². The first-order valence-corrected chi connectivity index (χ1v) is 5.24. The van der Waals surface area contributed by atoms with E-state index in [1.807, 2.05) is 0 Å². The largest absolute Gasteiger partial charge is 0.493 e. The van der Waals surface area contributed by atoms with Gasteiger partial charge in [-0.3, -0.25) is 0 Å². The Morgan fingerprint density at radius 1 is 1.47 bits per heavy atom. The summed E-state index contributed by atoms with van der Waals surface area (Å²) in [5, 5.41) is 0.114. The molecule has 1 unspecified atom stereocenters. The Kier molecular flexibility index (Phi) is 4.27. The van der Waals surface area contributed by atoms with E-state index in [9.17, 15) is 13.2 Å². The maximum atomic E-state index is 13.4. The van der Waals surface area contributed by atoms with Crippen molar-refractivity contribution in [2.75, 3.05) is 7.11 Å². The summed E-state index contributed by atoms with van der Waals surface area (Å²) < 4.78 is 43.6. The number of alkyl halides is 2. The van der Waals surface area contributed by atoms with E-state index in [1.54, 1.807) is 0 Å². The second-order valence-corrected chi connectivity index (χ2v) is 4.50. The predicted octanol–water partition coefficient (Wildman–Crippen LogP) is 3.01. The smallest absolute Gasteiger partial charge is 0.256 e. The van der Waals surface area contributed by atoms with Gasteiger partial charge in [-0.25, -0.2) is 13.2 Å². The van der Waals surface area contributed by atoms with Crippen LogP contribution in [0.2, 0.25) is 5.02 Å². The Bertz CT molecular complexity index is 410. The second-order valence-electron chi connectivity index (χ2n) is 4.06. The van der Waals surface area contributed by atoms with Gasteiger partial charge in [0.25, 0.3) is 6.43 Å². The second kappa shape index (κ2) is 5.14. The molecule has 1 aromatic carbocycles. The van der Waals surface area contributed by atoms with Crippen LogP contribution in [0.1, 0.15) is 12.5 Å². The SMILES string of the molecule is COc1c(F)cc(Cl)cc1CC(C)(N)C(F)F. The molecular formula is C11H13ClF3NO. The van der Waals surface area contributed by atoms with Gasteiger partial charge in [-0.1, -0.05) is 11.6 Å². The van der Waals surface area contributed by atoms with Crippen LogP contribution in [-0.2, 0) is 6.42 Å². The minimum atomic E-state index is -2.73. The van der Waals surface area contributed by atoms with E-state index in [1.165, 1.54) is 20.1 Å². The highest BCUT2D eigenvalue weighted by Gasteiger charge is 2.32. The molecule has 2 nitrogen and oxygen atoms in total. The molecule has 96 valence electrons. The van der Waals surface area contributed by atoms with Crippen LogP contribution in [0, 0.1) is 5.82 Å². The van der Waals surface area contributed by atoms with E-state index < -0.39 is 17.8 Å². The lowest BCUT2D eigenvalue weighted by molar-refractivity contribution is 0.0635. The Hall–Kier alpha value is -0.940. The Labute approximate surface area is 103 Å². The number of rotatable bonds is 4. The maximum absolute atomic E-state index is 13.4. The normalized spacial score (nSPS) is 14.8. The van der Waals surface area contributed by atoms with Gasteiger partial charge in [0.15, 0.2) is 11.6 Å². The van der Waals surface area contributed by atoms with Gasteiger partial charge < -0.3 is 10.5 Å². The summed E-state index contributed by atoms with van der Waals surface area (Å²) >= 11 is 5.66. The zero-order chi connectivity index (χ0) is 13.2. The molecule has 0 saturated heterocycles. The highest BCUT2D eigenvalue weighted by molar-refractivity contribution is 6.30. The highest BCUT2D eigenvalue weighted by atomic mass is 35.5. The summed E-state index contributed by atoms with van der Waals surface area (Å²) in [6, 6.07) is 2.43. The average Bonchev–Trinajstić information content (AvgIpc) is 2.15. The minimum Gasteiger partial charge on any atom is -0.493 e. The van der Waals surface area contributed by atoms with E-state index in [0.717, 1.165) is 6.07 Å². The third-order valence-electron chi connectivity index (χ3n) is 2.36. The van der Waals surface area contributed by atoms with E-state index in [-0.39, 0.29) is 22.8 Å². The van der Waals surface area contributed by atoms with Crippen molar-refractivity contribution in [3.8, 4) is 5.75 Å². The topological polar surface area (TPSA) is 35.2 Å². The number of nitrogens with two attached hydrogens (primary N) is 1. The molecule has 1 atom stereocenters. The lowest BCUT2D eigenvalue weighted by Crippen LogP contribution is -2.45. The van der Waals surface area contributed by atoms with Gasteiger partial charge in [0.1, 0.15) is 0 Å². The van der Waals surface area contributed by atoms with Crippen molar-refractivity contribution in [2.45, 2.75) is 25.3 Å². The zero-order valence-corrected chi connectivity index (χ0v) is 10.2. The van der Waals surface area contributed by atoms with Gasteiger partial charge in [-0.15, -0.1) is 0 Å². The van der Waals surface area contributed by atoms with Crippen molar-refractivity contribution in [1.29, 1.82) is 0 Å². The van der Waals surface area contributed by atoms with Crippen molar-refractivity contribution in [3.05, 3.63) is 28.5 Å². The molecule has 1 rings (SSSR count). The summed E-state index contributed by atoms with van der Waals surface area (Å²) in [4.78, 5) is 0. The molecule has 0 fully saturated rings. The minimum absolute atomic E-state index is 0.105. The fraction of sp³-hybridized carbons (Fsp3) is 0.455. The monoisotopic (exact) mass is 267 g/mol. The number of methoxy groups -OCH3 is 1. The van der Waals surface area contributed by atoms with Gasteiger partial charge in [-0.05, 0) is 25.5 Å². The lowest BCUT2D eigenvalue weighted by Gasteiger charge is -2.24. The van der Waals surface area contributed by atoms with Crippen LogP contribution in [0.25, 0.3) is 0 Å². The van der Waals surface area contributed by atoms with E-state index in [4.69, 9.17) is 22.1 Å². The van der Waals surface area contributed by atoms with Crippen LogP contribution < -0.4 is 10.5 Å². The molecule has 0 heterocycles. The molecule has 0 aliphatic heterocycles. The molecule has 17 heavy (non-hydrogen) atoms. The van der Waals surface area contributed by atoms with Gasteiger partial charge in [0, 0.05) is 10.6 Å². The van der Waals surface area contributed by atoms with E-state index in [0.29, 0.717) is 0 Å². The molecule has 0 aromatic heterocycles. The Morgan fingerprint density at radius 3 is 2.53 bits per heavy atom. The van der Waals surface area contributed by atoms with Crippen LogP contribution in [0.3, 0.4) is 0 Å². The molecule has 0 spiro atoms. The summed E-state index contributed by atoms with van der Waals surface area (Å²) in [6.07, 6.45) is -2.96. The van der Waals surface area contributed by atoms with Crippen molar-refractivity contribution < 1.29 is 17.9 Å². The molecule has 0 saturated carbocycles. The number of benzene rings is 1. The fourth-order valence-electron chi connectivity index (χ4n) is 1.46. The highest BCUT2D eigenvalue weighted by Crippen LogP contribution is 2.30. The molecular weight excluding hydrogens is 255 g/mol. The van der Waals surface area contributed by atoms with Crippen molar-refractivity contribution in [1.82, 2.24) is 0 Å². The van der Waals surface area contributed by atoms with Crippen LogP contribution in [-0.4, -0.2) is 19.1 Å².